The number of aryl methyl sites for hydroxylation is 2. The van der Waals surface area contributed by atoms with E-state index in [2.05, 4.69) is 9.97 Å². The summed E-state index contributed by atoms with van der Waals surface area (Å²) in [6.07, 6.45) is 4.30. The van der Waals surface area contributed by atoms with Gasteiger partial charge < -0.3 is 14.5 Å². The molecular weight excluding hydrogens is 344 g/mol. The zero-order valence-electron chi connectivity index (χ0n) is 16.7. The van der Waals surface area contributed by atoms with Gasteiger partial charge in [0.2, 0.25) is 5.91 Å². The van der Waals surface area contributed by atoms with Gasteiger partial charge in [0, 0.05) is 52.0 Å². The van der Waals surface area contributed by atoms with Crippen molar-refractivity contribution in [3.05, 3.63) is 23.3 Å². The highest BCUT2D eigenvalue weighted by molar-refractivity contribution is 5.92. The standard InChI is InChI=1S/C20H30N4O3/c1-15-13-17(22-16(2)21-15)19(26)23-10-7-20(8-11-23)6-5-18(25)24(14-20)9-4-12-27-3/h13H,4-12,14H2,1-3H3. The van der Waals surface area contributed by atoms with Gasteiger partial charge in [-0.15, -0.1) is 0 Å². The molecule has 1 aromatic heterocycles. The van der Waals surface area contributed by atoms with Crippen LogP contribution in [0.3, 0.4) is 0 Å². The van der Waals surface area contributed by atoms with Gasteiger partial charge in [0.05, 0.1) is 0 Å². The number of ether oxygens (including phenoxy) is 1. The number of carbonyl (C=O) groups excluding carboxylic acids is 2. The number of hydrogen-bond acceptors (Lipinski definition) is 5. The topological polar surface area (TPSA) is 75.6 Å². The molecule has 1 aromatic rings. The first-order valence-corrected chi connectivity index (χ1v) is 9.81. The molecule has 7 heteroatoms. The number of methoxy groups -OCH3 is 1. The molecule has 0 radical (unpaired) electrons. The molecule has 3 rings (SSSR count). The molecule has 0 atom stereocenters. The van der Waals surface area contributed by atoms with Crippen molar-refractivity contribution in [3.63, 3.8) is 0 Å². The Morgan fingerprint density at radius 3 is 2.63 bits per heavy atom. The lowest BCUT2D eigenvalue weighted by Gasteiger charge is -2.47. The van der Waals surface area contributed by atoms with Crippen LogP contribution in [0.5, 0.6) is 0 Å². The van der Waals surface area contributed by atoms with Gasteiger partial charge in [0.15, 0.2) is 0 Å². The van der Waals surface area contributed by atoms with E-state index in [-0.39, 0.29) is 17.2 Å². The van der Waals surface area contributed by atoms with Crippen molar-refractivity contribution in [2.45, 2.75) is 46.0 Å². The van der Waals surface area contributed by atoms with E-state index >= 15 is 0 Å². The van der Waals surface area contributed by atoms with Crippen LogP contribution in [0.1, 0.15) is 54.1 Å². The second kappa shape index (κ2) is 8.33. The molecular formula is C20H30N4O3. The lowest BCUT2D eigenvalue weighted by Crippen LogP contribution is -2.52. The second-order valence-corrected chi connectivity index (χ2v) is 7.90. The van der Waals surface area contributed by atoms with Crippen LogP contribution in [0.2, 0.25) is 0 Å². The lowest BCUT2D eigenvalue weighted by atomic mass is 9.72. The molecule has 148 valence electrons. The number of amides is 2. The molecule has 0 saturated carbocycles. The molecule has 2 aliphatic heterocycles. The van der Waals surface area contributed by atoms with E-state index < -0.39 is 0 Å². The highest BCUT2D eigenvalue weighted by Crippen LogP contribution is 2.40. The lowest BCUT2D eigenvalue weighted by molar-refractivity contribution is -0.139. The maximum absolute atomic E-state index is 12.8. The average molecular weight is 374 g/mol. The van der Waals surface area contributed by atoms with Crippen LogP contribution in [0.4, 0.5) is 0 Å². The van der Waals surface area contributed by atoms with E-state index in [1.165, 1.54) is 0 Å². The normalized spacial score (nSPS) is 19.6. The largest absolute Gasteiger partial charge is 0.385 e. The van der Waals surface area contributed by atoms with Crippen LogP contribution in [-0.4, -0.2) is 71.5 Å². The van der Waals surface area contributed by atoms with E-state index in [9.17, 15) is 9.59 Å². The van der Waals surface area contributed by atoms with E-state index in [1.807, 2.05) is 23.6 Å². The smallest absolute Gasteiger partial charge is 0.272 e. The van der Waals surface area contributed by atoms with Crippen molar-refractivity contribution >= 4 is 11.8 Å². The fraction of sp³-hybridized carbons (Fsp3) is 0.700. The molecule has 2 saturated heterocycles. The minimum atomic E-state index is -0.0118. The Bertz CT molecular complexity index is 678. The molecule has 0 aromatic carbocycles. The van der Waals surface area contributed by atoms with Gasteiger partial charge in [0.25, 0.3) is 5.91 Å². The molecule has 2 aliphatic rings. The monoisotopic (exact) mass is 374 g/mol. The SMILES string of the molecule is COCCCN1CC2(CCC1=O)CCN(C(=O)c1cc(C)nc(C)n1)CC2. The first kappa shape index (κ1) is 19.7. The minimum Gasteiger partial charge on any atom is -0.385 e. The molecule has 0 aliphatic carbocycles. The van der Waals surface area contributed by atoms with Crippen molar-refractivity contribution < 1.29 is 14.3 Å². The maximum atomic E-state index is 12.8. The summed E-state index contributed by atoms with van der Waals surface area (Å²) in [6, 6.07) is 1.76. The molecule has 0 unspecified atom stereocenters. The van der Waals surface area contributed by atoms with Crippen molar-refractivity contribution in [2.75, 3.05) is 39.9 Å². The molecule has 0 N–H and O–H groups in total. The Hall–Kier alpha value is -2.02. The molecule has 7 nitrogen and oxygen atoms in total. The van der Waals surface area contributed by atoms with E-state index in [0.29, 0.717) is 24.5 Å². The van der Waals surface area contributed by atoms with Crippen molar-refractivity contribution in [2.24, 2.45) is 5.41 Å². The van der Waals surface area contributed by atoms with Crippen LogP contribution in [-0.2, 0) is 9.53 Å². The Balaban J connectivity index is 1.60. The van der Waals surface area contributed by atoms with Crippen LogP contribution in [0.25, 0.3) is 0 Å². The number of piperidine rings is 2. The zero-order valence-corrected chi connectivity index (χ0v) is 16.7. The molecule has 1 spiro atoms. The first-order valence-electron chi connectivity index (χ1n) is 9.81. The number of hydrogen-bond donors (Lipinski definition) is 0. The van der Waals surface area contributed by atoms with Gasteiger partial charge in [0.1, 0.15) is 11.5 Å². The number of aromatic nitrogens is 2. The highest BCUT2D eigenvalue weighted by Gasteiger charge is 2.41. The number of likely N-dealkylation sites (tertiary alicyclic amines) is 2. The summed E-state index contributed by atoms with van der Waals surface area (Å²) in [6.45, 7) is 7.39. The van der Waals surface area contributed by atoms with Crippen molar-refractivity contribution in [3.8, 4) is 0 Å². The Kier molecular flexibility index (Phi) is 6.09. The number of carbonyl (C=O) groups is 2. The van der Waals surface area contributed by atoms with Gasteiger partial charge in [-0.1, -0.05) is 0 Å². The number of rotatable bonds is 5. The molecule has 2 amide bonds. The molecule has 3 heterocycles. The average Bonchev–Trinajstić information content (AvgIpc) is 2.64. The minimum absolute atomic E-state index is 0.0118. The quantitative estimate of drug-likeness (QED) is 0.737. The van der Waals surface area contributed by atoms with Gasteiger partial charge >= 0.3 is 0 Å². The summed E-state index contributed by atoms with van der Waals surface area (Å²) in [5.74, 6) is 0.869. The summed E-state index contributed by atoms with van der Waals surface area (Å²) in [4.78, 5) is 37.5. The summed E-state index contributed by atoms with van der Waals surface area (Å²) >= 11 is 0. The van der Waals surface area contributed by atoms with Gasteiger partial charge in [-0.25, -0.2) is 9.97 Å². The Morgan fingerprint density at radius 1 is 1.22 bits per heavy atom. The summed E-state index contributed by atoms with van der Waals surface area (Å²) in [7, 11) is 1.69. The number of nitrogens with zero attached hydrogens (tertiary/aromatic N) is 4. The van der Waals surface area contributed by atoms with Gasteiger partial charge in [-0.05, 0) is 51.0 Å². The third kappa shape index (κ3) is 4.64. The maximum Gasteiger partial charge on any atom is 0.272 e. The highest BCUT2D eigenvalue weighted by atomic mass is 16.5. The Labute approximate surface area is 161 Å². The molecule has 2 fully saturated rings. The fourth-order valence-electron chi connectivity index (χ4n) is 4.29. The third-order valence-electron chi connectivity index (χ3n) is 5.82. The second-order valence-electron chi connectivity index (χ2n) is 7.90. The van der Waals surface area contributed by atoms with Crippen molar-refractivity contribution in [1.29, 1.82) is 0 Å². The molecule has 0 bridgehead atoms. The van der Waals surface area contributed by atoms with E-state index in [0.717, 1.165) is 57.6 Å². The zero-order chi connectivity index (χ0) is 19.4. The fourth-order valence-corrected chi connectivity index (χ4v) is 4.29. The Morgan fingerprint density at radius 2 is 1.96 bits per heavy atom. The van der Waals surface area contributed by atoms with Crippen molar-refractivity contribution in [1.82, 2.24) is 19.8 Å². The van der Waals surface area contributed by atoms with E-state index in [1.54, 1.807) is 13.2 Å². The summed E-state index contributed by atoms with van der Waals surface area (Å²) < 4.78 is 5.11. The van der Waals surface area contributed by atoms with Crippen LogP contribution in [0, 0.1) is 19.3 Å². The third-order valence-corrected chi connectivity index (χ3v) is 5.82. The van der Waals surface area contributed by atoms with Crippen LogP contribution < -0.4 is 0 Å². The predicted molar refractivity (Wildman–Crippen MR) is 101 cm³/mol. The summed E-state index contributed by atoms with van der Waals surface area (Å²) in [5.41, 5.74) is 1.45. The van der Waals surface area contributed by atoms with Crippen LogP contribution in [0.15, 0.2) is 6.07 Å². The van der Waals surface area contributed by atoms with Gasteiger partial charge in [-0.2, -0.15) is 0 Å². The predicted octanol–water partition coefficient (Wildman–Crippen LogP) is 1.97. The first-order chi connectivity index (χ1) is 12.9. The molecule has 27 heavy (non-hydrogen) atoms. The van der Waals surface area contributed by atoms with Crippen LogP contribution >= 0.6 is 0 Å². The summed E-state index contributed by atoms with van der Waals surface area (Å²) in [5, 5.41) is 0. The van der Waals surface area contributed by atoms with Gasteiger partial charge in [-0.3, -0.25) is 9.59 Å². The van der Waals surface area contributed by atoms with E-state index in [4.69, 9.17) is 4.74 Å².